The first-order chi connectivity index (χ1) is 9.10. The first-order valence-corrected chi connectivity index (χ1v) is 7.06. The molecule has 4 nitrogen and oxygen atoms in total. The van der Waals surface area contributed by atoms with Crippen LogP contribution in [0.15, 0.2) is 35.5 Å². The van der Waals surface area contributed by atoms with E-state index in [-0.39, 0.29) is 0 Å². The van der Waals surface area contributed by atoms with Gasteiger partial charge in [-0.2, -0.15) is 5.10 Å². The normalized spacial score (nSPS) is 10.6. The van der Waals surface area contributed by atoms with E-state index >= 15 is 0 Å². The lowest BCUT2D eigenvalue weighted by atomic mass is 10.1. The average molecular weight is 276 g/mol. The molecule has 1 aromatic carbocycles. The fourth-order valence-electron chi connectivity index (χ4n) is 1.74. The fourth-order valence-corrected chi connectivity index (χ4v) is 2.59. The van der Waals surface area contributed by atoms with Crippen LogP contribution >= 0.6 is 11.8 Å². The quantitative estimate of drug-likeness (QED) is 0.852. The Balaban J connectivity index is 2.07. The summed E-state index contributed by atoms with van der Waals surface area (Å²) < 4.78 is 1.88. The van der Waals surface area contributed by atoms with Crippen LogP contribution in [-0.4, -0.2) is 20.9 Å². The van der Waals surface area contributed by atoms with Crippen LogP contribution in [0.4, 0.5) is 0 Å². The third-order valence-electron chi connectivity index (χ3n) is 2.86. The number of hydrogen-bond donors (Lipinski definition) is 1. The maximum absolute atomic E-state index is 11.1. The summed E-state index contributed by atoms with van der Waals surface area (Å²) in [7, 11) is 0. The van der Waals surface area contributed by atoms with Gasteiger partial charge in [-0.15, -0.1) is 11.8 Å². The Labute approximate surface area is 116 Å². The Morgan fingerprint density at radius 2 is 2.26 bits per heavy atom. The van der Waals surface area contributed by atoms with E-state index in [2.05, 4.69) is 5.10 Å². The highest BCUT2D eigenvalue weighted by atomic mass is 32.2. The van der Waals surface area contributed by atoms with Gasteiger partial charge in [0.05, 0.1) is 11.8 Å². The molecule has 0 amide bonds. The highest BCUT2D eigenvalue weighted by Gasteiger charge is 2.08. The number of nitrogens with zero attached hydrogens (tertiary/aromatic N) is 2. The zero-order chi connectivity index (χ0) is 13.8. The predicted molar refractivity (Wildman–Crippen MR) is 75.6 cm³/mol. The molecule has 1 heterocycles. The Morgan fingerprint density at radius 3 is 2.89 bits per heavy atom. The van der Waals surface area contributed by atoms with E-state index in [0.717, 1.165) is 28.3 Å². The molecule has 0 fully saturated rings. The molecule has 2 aromatic rings. The van der Waals surface area contributed by atoms with Crippen LogP contribution in [0.1, 0.15) is 28.4 Å². The lowest BCUT2D eigenvalue weighted by Crippen LogP contribution is -1.99. The van der Waals surface area contributed by atoms with Crippen molar-refractivity contribution in [3.63, 3.8) is 0 Å². The molecular formula is C14H16N2O2S. The smallest absolute Gasteiger partial charge is 0.335 e. The Morgan fingerprint density at radius 1 is 1.47 bits per heavy atom. The van der Waals surface area contributed by atoms with E-state index in [1.54, 1.807) is 17.8 Å². The van der Waals surface area contributed by atoms with Crippen molar-refractivity contribution in [3.05, 3.63) is 47.3 Å². The van der Waals surface area contributed by atoms with E-state index in [1.165, 1.54) is 0 Å². The highest BCUT2D eigenvalue weighted by Crippen LogP contribution is 2.25. The van der Waals surface area contributed by atoms with Gasteiger partial charge < -0.3 is 5.11 Å². The van der Waals surface area contributed by atoms with Crippen LogP contribution in [0, 0.1) is 6.92 Å². The first-order valence-electron chi connectivity index (χ1n) is 6.08. The number of aromatic carboxylic acids is 1. The van der Waals surface area contributed by atoms with Crippen molar-refractivity contribution in [3.8, 4) is 0 Å². The van der Waals surface area contributed by atoms with Crippen LogP contribution in [0.5, 0.6) is 0 Å². The predicted octanol–water partition coefficient (Wildman–Crippen LogP) is 3.20. The molecule has 0 radical (unpaired) electrons. The Hall–Kier alpha value is -1.75. The largest absolute Gasteiger partial charge is 0.478 e. The Bertz CT molecular complexity index is 593. The maximum Gasteiger partial charge on any atom is 0.335 e. The van der Waals surface area contributed by atoms with Gasteiger partial charge in [0, 0.05) is 29.0 Å². The molecule has 0 spiro atoms. The van der Waals surface area contributed by atoms with E-state index < -0.39 is 5.97 Å². The lowest BCUT2D eigenvalue weighted by molar-refractivity contribution is 0.0696. The van der Waals surface area contributed by atoms with Crippen LogP contribution in [-0.2, 0) is 12.3 Å². The van der Waals surface area contributed by atoms with E-state index in [4.69, 9.17) is 5.11 Å². The number of carbonyl (C=O) groups is 1. The number of carboxylic acids is 1. The van der Waals surface area contributed by atoms with Gasteiger partial charge in [0.25, 0.3) is 0 Å². The second-order valence-electron chi connectivity index (χ2n) is 4.27. The summed E-state index contributed by atoms with van der Waals surface area (Å²) >= 11 is 1.62. The van der Waals surface area contributed by atoms with Crippen molar-refractivity contribution in [2.45, 2.75) is 31.0 Å². The summed E-state index contributed by atoms with van der Waals surface area (Å²) in [5.41, 5.74) is 2.30. The zero-order valence-corrected chi connectivity index (χ0v) is 11.8. The number of hydrogen-bond acceptors (Lipinski definition) is 3. The van der Waals surface area contributed by atoms with Crippen molar-refractivity contribution in [1.82, 2.24) is 9.78 Å². The summed E-state index contributed by atoms with van der Waals surface area (Å²) in [6, 6.07) is 5.53. The fraction of sp³-hybridized carbons (Fsp3) is 0.286. The van der Waals surface area contributed by atoms with Gasteiger partial charge in [-0.3, -0.25) is 4.68 Å². The maximum atomic E-state index is 11.1. The summed E-state index contributed by atoms with van der Waals surface area (Å²) in [5.74, 6) is -0.0824. The minimum absolute atomic E-state index is 0.370. The molecule has 0 bridgehead atoms. The molecule has 19 heavy (non-hydrogen) atoms. The van der Waals surface area contributed by atoms with Crippen LogP contribution in [0.3, 0.4) is 0 Å². The third kappa shape index (κ3) is 3.38. The topological polar surface area (TPSA) is 55.1 Å². The summed E-state index contributed by atoms with van der Waals surface area (Å²) in [4.78, 5) is 12.0. The molecule has 1 N–H and O–H groups in total. The molecule has 0 aliphatic heterocycles. The lowest BCUT2D eigenvalue weighted by Gasteiger charge is -2.04. The summed E-state index contributed by atoms with van der Waals surface area (Å²) in [5, 5.41) is 13.3. The minimum atomic E-state index is -0.876. The molecule has 100 valence electrons. The standard InChI is InChI=1S/C14H16N2O2S/c1-3-16-8-11(7-15-16)9-19-12-5-4-10(2)13(6-12)14(17)18/h4-8H,3,9H2,1-2H3,(H,17,18). The van der Waals surface area contributed by atoms with Gasteiger partial charge >= 0.3 is 5.97 Å². The molecule has 0 unspecified atom stereocenters. The number of thioether (sulfide) groups is 1. The minimum Gasteiger partial charge on any atom is -0.478 e. The van der Waals surface area contributed by atoms with Crippen molar-refractivity contribution >= 4 is 17.7 Å². The molecule has 2 rings (SSSR count). The number of rotatable bonds is 5. The first kappa shape index (κ1) is 13.7. The van der Waals surface area contributed by atoms with Gasteiger partial charge in [-0.25, -0.2) is 4.79 Å². The van der Waals surface area contributed by atoms with Crippen molar-refractivity contribution in [2.24, 2.45) is 0 Å². The molecule has 0 atom stereocenters. The van der Waals surface area contributed by atoms with Crippen molar-refractivity contribution < 1.29 is 9.90 Å². The number of benzene rings is 1. The van der Waals surface area contributed by atoms with Crippen molar-refractivity contribution in [2.75, 3.05) is 0 Å². The van der Waals surface area contributed by atoms with Crippen LogP contribution < -0.4 is 0 Å². The van der Waals surface area contributed by atoms with Crippen LogP contribution in [0.25, 0.3) is 0 Å². The summed E-state index contributed by atoms with van der Waals surface area (Å²) in [6.07, 6.45) is 3.86. The number of aromatic nitrogens is 2. The van der Waals surface area contributed by atoms with Gasteiger partial charge in [-0.05, 0) is 31.5 Å². The van der Waals surface area contributed by atoms with Crippen LogP contribution in [0.2, 0.25) is 0 Å². The molecular weight excluding hydrogens is 260 g/mol. The van der Waals surface area contributed by atoms with E-state index in [1.807, 2.05) is 43.1 Å². The molecule has 0 saturated carbocycles. The molecule has 0 saturated heterocycles. The van der Waals surface area contributed by atoms with Gasteiger partial charge in [0.15, 0.2) is 0 Å². The average Bonchev–Trinajstić information content (AvgIpc) is 2.85. The van der Waals surface area contributed by atoms with E-state index in [0.29, 0.717) is 5.56 Å². The highest BCUT2D eigenvalue weighted by molar-refractivity contribution is 7.98. The molecule has 0 aliphatic carbocycles. The SMILES string of the molecule is CCn1cc(CSc2ccc(C)c(C(=O)O)c2)cn1. The molecule has 0 aliphatic rings. The van der Waals surface area contributed by atoms with Gasteiger partial charge in [0.2, 0.25) is 0 Å². The molecule has 1 aromatic heterocycles. The second kappa shape index (κ2) is 5.93. The van der Waals surface area contributed by atoms with Gasteiger partial charge in [0.1, 0.15) is 0 Å². The van der Waals surface area contributed by atoms with Crippen molar-refractivity contribution in [1.29, 1.82) is 0 Å². The molecule has 5 heteroatoms. The third-order valence-corrected chi connectivity index (χ3v) is 3.92. The second-order valence-corrected chi connectivity index (χ2v) is 5.32. The summed E-state index contributed by atoms with van der Waals surface area (Å²) in [6.45, 7) is 4.71. The number of carboxylic acid groups (broad SMARTS) is 1. The number of aryl methyl sites for hydroxylation is 2. The monoisotopic (exact) mass is 276 g/mol. The zero-order valence-electron chi connectivity index (χ0n) is 11.0. The Kier molecular flexibility index (Phi) is 4.27. The van der Waals surface area contributed by atoms with E-state index in [9.17, 15) is 4.79 Å². The van der Waals surface area contributed by atoms with Gasteiger partial charge in [-0.1, -0.05) is 6.07 Å².